The van der Waals surface area contributed by atoms with E-state index in [1.54, 1.807) is 11.3 Å². The fourth-order valence-electron chi connectivity index (χ4n) is 3.55. The predicted octanol–water partition coefficient (Wildman–Crippen LogP) is 3.42. The van der Waals surface area contributed by atoms with E-state index < -0.39 is 0 Å². The minimum Gasteiger partial charge on any atom is -0.356 e. The molecule has 2 unspecified atom stereocenters. The molecular formula is C17H26N4S. The van der Waals surface area contributed by atoms with Gasteiger partial charge in [0.2, 0.25) is 0 Å². The Balaban J connectivity index is 1.91. The maximum Gasteiger partial charge on any atom is 0.141 e. The largest absolute Gasteiger partial charge is 0.356 e. The van der Waals surface area contributed by atoms with E-state index in [0.717, 1.165) is 29.4 Å². The van der Waals surface area contributed by atoms with Crippen LogP contribution in [0.25, 0.3) is 10.2 Å². The van der Waals surface area contributed by atoms with Crippen molar-refractivity contribution in [2.24, 2.45) is 5.92 Å². The quantitative estimate of drug-likeness (QED) is 0.864. The summed E-state index contributed by atoms with van der Waals surface area (Å²) in [6.45, 7) is 10.3. The first kappa shape index (κ1) is 15.7. The number of hydrogen-bond donors (Lipinski definition) is 0. The van der Waals surface area contributed by atoms with Crippen molar-refractivity contribution in [3.8, 4) is 0 Å². The Morgan fingerprint density at radius 3 is 2.86 bits per heavy atom. The van der Waals surface area contributed by atoms with Gasteiger partial charge in [-0.3, -0.25) is 0 Å². The Morgan fingerprint density at radius 2 is 2.18 bits per heavy atom. The van der Waals surface area contributed by atoms with Crippen LogP contribution in [0.3, 0.4) is 0 Å². The standard InChI is InChI=1S/C17H26N4S/c1-5-15-18-16(13-8-10-22-17(13)19-15)20(4)14-7-9-21(6-2)11-12(14)3/h8,10,12,14H,5-7,9,11H2,1-4H3. The van der Waals surface area contributed by atoms with Crippen molar-refractivity contribution in [2.75, 3.05) is 31.6 Å². The molecule has 2 atom stereocenters. The van der Waals surface area contributed by atoms with Crippen LogP contribution < -0.4 is 4.90 Å². The fourth-order valence-corrected chi connectivity index (χ4v) is 4.33. The molecule has 0 N–H and O–H groups in total. The molecule has 0 aliphatic carbocycles. The number of rotatable bonds is 4. The summed E-state index contributed by atoms with van der Waals surface area (Å²) in [5.74, 6) is 2.73. The topological polar surface area (TPSA) is 32.3 Å². The van der Waals surface area contributed by atoms with Crippen LogP contribution in [0.5, 0.6) is 0 Å². The summed E-state index contributed by atoms with van der Waals surface area (Å²) in [5, 5.41) is 3.33. The second-order valence-electron chi connectivity index (χ2n) is 6.29. The fraction of sp³-hybridized carbons (Fsp3) is 0.647. The van der Waals surface area contributed by atoms with Gasteiger partial charge in [-0.25, -0.2) is 9.97 Å². The number of piperidine rings is 1. The normalized spacial score (nSPS) is 23.1. The van der Waals surface area contributed by atoms with Gasteiger partial charge in [0.25, 0.3) is 0 Å². The number of nitrogens with zero attached hydrogens (tertiary/aromatic N) is 4. The summed E-state index contributed by atoms with van der Waals surface area (Å²) in [6, 6.07) is 2.72. The van der Waals surface area contributed by atoms with Crippen LogP contribution in [0, 0.1) is 5.92 Å². The van der Waals surface area contributed by atoms with Crippen LogP contribution in [-0.2, 0) is 6.42 Å². The third kappa shape index (κ3) is 2.84. The van der Waals surface area contributed by atoms with E-state index in [0.29, 0.717) is 12.0 Å². The van der Waals surface area contributed by atoms with Gasteiger partial charge < -0.3 is 9.80 Å². The molecule has 1 aliphatic rings. The second kappa shape index (κ2) is 6.50. The molecule has 0 saturated carbocycles. The lowest BCUT2D eigenvalue weighted by molar-refractivity contribution is 0.169. The van der Waals surface area contributed by atoms with E-state index in [-0.39, 0.29) is 0 Å². The van der Waals surface area contributed by atoms with Gasteiger partial charge in [-0.2, -0.15) is 0 Å². The number of thiophene rings is 1. The lowest BCUT2D eigenvalue weighted by atomic mass is 9.92. The molecule has 3 heterocycles. The number of aromatic nitrogens is 2. The average Bonchev–Trinajstić information content (AvgIpc) is 3.01. The van der Waals surface area contributed by atoms with Gasteiger partial charge in [-0.15, -0.1) is 11.3 Å². The molecule has 5 heteroatoms. The van der Waals surface area contributed by atoms with Gasteiger partial charge in [0.15, 0.2) is 0 Å². The van der Waals surface area contributed by atoms with Crippen molar-refractivity contribution in [2.45, 2.75) is 39.7 Å². The van der Waals surface area contributed by atoms with E-state index in [4.69, 9.17) is 4.98 Å². The van der Waals surface area contributed by atoms with Crippen molar-refractivity contribution in [1.82, 2.24) is 14.9 Å². The summed E-state index contributed by atoms with van der Waals surface area (Å²) >= 11 is 1.71. The van der Waals surface area contributed by atoms with Crippen LogP contribution >= 0.6 is 11.3 Å². The smallest absolute Gasteiger partial charge is 0.141 e. The number of aryl methyl sites for hydroxylation is 1. The first-order chi connectivity index (χ1) is 10.6. The van der Waals surface area contributed by atoms with E-state index >= 15 is 0 Å². The third-order valence-corrected chi connectivity index (χ3v) is 5.70. The first-order valence-corrected chi connectivity index (χ1v) is 9.21. The maximum absolute atomic E-state index is 4.85. The number of likely N-dealkylation sites (tertiary alicyclic amines) is 1. The Bertz CT molecular complexity index is 639. The molecule has 0 aromatic carbocycles. The highest BCUT2D eigenvalue weighted by Crippen LogP contribution is 2.31. The van der Waals surface area contributed by atoms with Gasteiger partial charge in [0.05, 0.1) is 5.39 Å². The molecule has 3 rings (SSSR count). The van der Waals surface area contributed by atoms with Crippen LogP contribution in [0.2, 0.25) is 0 Å². The van der Waals surface area contributed by atoms with Crippen LogP contribution in [0.1, 0.15) is 33.0 Å². The average molecular weight is 318 g/mol. The third-order valence-electron chi connectivity index (χ3n) is 4.89. The van der Waals surface area contributed by atoms with Crippen molar-refractivity contribution < 1.29 is 0 Å². The van der Waals surface area contributed by atoms with Gasteiger partial charge in [0, 0.05) is 32.6 Å². The summed E-state index contributed by atoms with van der Waals surface area (Å²) in [4.78, 5) is 15.6. The summed E-state index contributed by atoms with van der Waals surface area (Å²) in [6.07, 6.45) is 2.10. The summed E-state index contributed by atoms with van der Waals surface area (Å²) in [7, 11) is 2.21. The predicted molar refractivity (Wildman–Crippen MR) is 94.9 cm³/mol. The highest BCUT2D eigenvalue weighted by atomic mass is 32.1. The number of fused-ring (bicyclic) bond motifs is 1. The number of anilines is 1. The molecule has 2 aromatic heterocycles. The Kier molecular flexibility index (Phi) is 4.64. The lowest BCUT2D eigenvalue weighted by Crippen LogP contribution is -2.49. The van der Waals surface area contributed by atoms with Crippen LogP contribution in [-0.4, -0.2) is 47.6 Å². The SMILES string of the molecule is CCc1nc(N(C)C2CCN(CC)CC2C)c2ccsc2n1. The lowest BCUT2D eigenvalue weighted by Gasteiger charge is -2.41. The number of hydrogen-bond acceptors (Lipinski definition) is 5. The Morgan fingerprint density at radius 1 is 1.36 bits per heavy atom. The minimum atomic E-state index is 0.561. The van der Waals surface area contributed by atoms with Gasteiger partial charge in [-0.1, -0.05) is 20.8 Å². The van der Waals surface area contributed by atoms with Gasteiger partial charge >= 0.3 is 0 Å². The molecule has 4 nitrogen and oxygen atoms in total. The molecular weight excluding hydrogens is 292 g/mol. The van der Waals surface area contributed by atoms with Crippen molar-refractivity contribution in [3.05, 3.63) is 17.3 Å². The van der Waals surface area contributed by atoms with Crippen LogP contribution in [0.15, 0.2) is 11.4 Å². The molecule has 120 valence electrons. The van der Waals surface area contributed by atoms with Crippen molar-refractivity contribution >= 4 is 27.4 Å². The minimum absolute atomic E-state index is 0.561. The molecule has 22 heavy (non-hydrogen) atoms. The zero-order valence-electron chi connectivity index (χ0n) is 14.0. The Hall–Kier alpha value is -1.20. The molecule has 0 bridgehead atoms. The van der Waals surface area contributed by atoms with E-state index in [2.05, 4.69) is 54.0 Å². The molecule has 1 aliphatic heterocycles. The van der Waals surface area contributed by atoms with Crippen LogP contribution in [0.4, 0.5) is 5.82 Å². The molecule has 2 aromatic rings. The molecule has 1 saturated heterocycles. The monoisotopic (exact) mass is 318 g/mol. The molecule has 0 radical (unpaired) electrons. The maximum atomic E-state index is 4.85. The highest BCUT2D eigenvalue weighted by molar-refractivity contribution is 7.16. The molecule has 0 amide bonds. The van der Waals surface area contributed by atoms with E-state index in [1.807, 2.05) is 0 Å². The van der Waals surface area contributed by atoms with Gasteiger partial charge in [-0.05, 0) is 30.3 Å². The van der Waals surface area contributed by atoms with Crippen molar-refractivity contribution in [3.63, 3.8) is 0 Å². The first-order valence-electron chi connectivity index (χ1n) is 8.33. The molecule has 1 fully saturated rings. The van der Waals surface area contributed by atoms with E-state index in [1.165, 1.54) is 24.9 Å². The summed E-state index contributed by atoms with van der Waals surface area (Å²) in [5.41, 5.74) is 0. The zero-order valence-corrected chi connectivity index (χ0v) is 14.9. The van der Waals surface area contributed by atoms with Gasteiger partial charge in [0.1, 0.15) is 16.5 Å². The Labute approximate surface area is 137 Å². The summed E-state index contributed by atoms with van der Waals surface area (Å²) < 4.78 is 0. The molecule has 0 spiro atoms. The van der Waals surface area contributed by atoms with E-state index in [9.17, 15) is 0 Å². The highest BCUT2D eigenvalue weighted by Gasteiger charge is 2.30. The second-order valence-corrected chi connectivity index (χ2v) is 7.19. The van der Waals surface area contributed by atoms with Crippen molar-refractivity contribution in [1.29, 1.82) is 0 Å². The zero-order chi connectivity index (χ0) is 15.7.